The van der Waals surface area contributed by atoms with Gasteiger partial charge in [0.2, 0.25) is 10.0 Å². The van der Waals surface area contributed by atoms with Crippen LogP contribution in [0.3, 0.4) is 0 Å². The monoisotopic (exact) mass is 306 g/mol. The van der Waals surface area contributed by atoms with E-state index >= 15 is 0 Å². The summed E-state index contributed by atoms with van der Waals surface area (Å²) in [6.07, 6.45) is 0. The maximum absolute atomic E-state index is 12.3. The molecule has 1 rings (SSSR count). The van der Waals surface area contributed by atoms with Crippen LogP contribution in [-0.4, -0.2) is 38.9 Å². The molecule has 2 N–H and O–H groups in total. The van der Waals surface area contributed by atoms with Crippen LogP contribution in [0.5, 0.6) is 0 Å². The van der Waals surface area contributed by atoms with E-state index in [9.17, 15) is 13.2 Å². The molecule has 0 radical (unpaired) electrons. The number of hydrogen-bond acceptors (Lipinski definition) is 5. The number of benzene rings is 1. The van der Waals surface area contributed by atoms with E-state index in [1.165, 1.54) is 25.3 Å². The van der Waals surface area contributed by atoms with Crippen LogP contribution in [0.1, 0.15) is 6.92 Å². The SMILES string of the molecule is CCN(CC(=O)OC)S(=O)(=O)c1ccc(Cl)c(N)c1. The third-order valence-corrected chi connectivity index (χ3v) is 4.75. The molecule has 0 unspecified atom stereocenters. The van der Waals surface area contributed by atoms with Crippen LogP contribution in [-0.2, 0) is 19.6 Å². The Morgan fingerprint density at radius 3 is 2.58 bits per heavy atom. The first-order valence-electron chi connectivity index (χ1n) is 5.45. The summed E-state index contributed by atoms with van der Waals surface area (Å²) in [6, 6.07) is 4.00. The summed E-state index contributed by atoms with van der Waals surface area (Å²) >= 11 is 5.74. The van der Waals surface area contributed by atoms with E-state index in [1.54, 1.807) is 6.92 Å². The summed E-state index contributed by atoms with van der Waals surface area (Å²) < 4.78 is 30.1. The van der Waals surface area contributed by atoms with Gasteiger partial charge in [0, 0.05) is 6.54 Å². The molecule has 6 nitrogen and oxygen atoms in total. The molecule has 0 heterocycles. The van der Waals surface area contributed by atoms with Crippen LogP contribution in [0.4, 0.5) is 5.69 Å². The smallest absolute Gasteiger partial charge is 0.321 e. The largest absolute Gasteiger partial charge is 0.468 e. The molecule has 8 heteroatoms. The first-order chi connectivity index (χ1) is 8.82. The molecule has 0 atom stereocenters. The number of esters is 1. The van der Waals surface area contributed by atoms with E-state index in [4.69, 9.17) is 17.3 Å². The van der Waals surface area contributed by atoms with Gasteiger partial charge < -0.3 is 10.5 Å². The van der Waals surface area contributed by atoms with E-state index < -0.39 is 16.0 Å². The van der Waals surface area contributed by atoms with Gasteiger partial charge in [-0.25, -0.2) is 8.42 Å². The number of nitrogen functional groups attached to an aromatic ring is 1. The average molecular weight is 307 g/mol. The zero-order valence-electron chi connectivity index (χ0n) is 10.6. The number of ether oxygens (including phenoxy) is 1. The fourth-order valence-corrected chi connectivity index (χ4v) is 2.95. The van der Waals surface area contributed by atoms with E-state index in [0.717, 1.165) is 4.31 Å². The van der Waals surface area contributed by atoms with Crippen LogP contribution in [0.2, 0.25) is 5.02 Å². The first-order valence-corrected chi connectivity index (χ1v) is 7.26. The molecule has 0 aliphatic heterocycles. The lowest BCUT2D eigenvalue weighted by Crippen LogP contribution is -2.36. The molecule has 0 amide bonds. The van der Waals surface area contributed by atoms with Crippen molar-refractivity contribution < 1.29 is 17.9 Å². The summed E-state index contributed by atoms with van der Waals surface area (Å²) in [5.41, 5.74) is 5.74. The molecule has 0 aromatic heterocycles. The second-order valence-corrected chi connectivity index (χ2v) is 6.04. The summed E-state index contributed by atoms with van der Waals surface area (Å²) in [4.78, 5) is 11.2. The average Bonchev–Trinajstić information content (AvgIpc) is 2.38. The van der Waals surface area contributed by atoms with Gasteiger partial charge in [0.1, 0.15) is 6.54 Å². The highest BCUT2D eigenvalue weighted by atomic mass is 35.5. The van der Waals surface area contributed by atoms with Crippen LogP contribution in [0, 0.1) is 0 Å². The maximum Gasteiger partial charge on any atom is 0.321 e. The maximum atomic E-state index is 12.3. The van der Waals surface area contributed by atoms with E-state index in [2.05, 4.69) is 4.74 Å². The predicted octanol–water partition coefficient (Wildman–Crippen LogP) is 1.11. The van der Waals surface area contributed by atoms with Gasteiger partial charge in [-0.05, 0) is 18.2 Å². The standard InChI is InChI=1S/C11H15ClN2O4S/c1-3-14(7-11(15)18-2)19(16,17)8-4-5-9(12)10(13)6-8/h4-6H,3,7,13H2,1-2H3. The van der Waals surface area contributed by atoms with Crippen LogP contribution in [0.25, 0.3) is 0 Å². The molecule has 0 spiro atoms. The van der Waals surface area contributed by atoms with Gasteiger partial charge in [-0.2, -0.15) is 4.31 Å². The van der Waals surface area contributed by atoms with Crippen LogP contribution < -0.4 is 5.73 Å². The number of carbonyl (C=O) groups is 1. The Kier molecular flexibility index (Phi) is 5.16. The number of halogens is 1. The van der Waals surface area contributed by atoms with E-state index in [-0.39, 0.29) is 28.7 Å². The van der Waals surface area contributed by atoms with Crippen LogP contribution >= 0.6 is 11.6 Å². The third-order valence-electron chi connectivity index (χ3n) is 2.49. The zero-order chi connectivity index (χ0) is 14.6. The Labute approximate surface area is 117 Å². The zero-order valence-corrected chi connectivity index (χ0v) is 12.2. The fraction of sp³-hybridized carbons (Fsp3) is 0.364. The minimum Gasteiger partial charge on any atom is -0.468 e. The highest BCUT2D eigenvalue weighted by Crippen LogP contribution is 2.24. The normalized spacial score (nSPS) is 11.6. The Balaban J connectivity index is 3.13. The van der Waals surface area contributed by atoms with Crippen molar-refractivity contribution >= 4 is 33.3 Å². The van der Waals surface area contributed by atoms with Gasteiger partial charge in [0.05, 0.1) is 22.7 Å². The van der Waals surface area contributed by atoms with Gasteiger partial charge in [-0.1, -0.05) is 18.5 Å². The molecule has 0 bridgehead atoms. The summed E-state index contributed by atoms with van der Waals surface area (Å²) in [6.45, 7) is 1.41. The molecule has 0 saturated heterocycles. The molecular formula is C11H15ClN2O4S. The number of anilines is 1. The number of sulfonamides is 1. The second-order valence-electron chi connectivity index (χ2n) is 3.69. The number of nitrogens with two attached hydrogens (primary N) is 1. The van der Waals surface area contributed by atoms with Gasteiger partial charge in [-0.3, -0.25) is 4.79 Å². The molecule has 0 fully saturated rings. The molecular weight excluding hydrogens is 292 g/mol. The minimum atomic E-state index is -3.80. The van der Waals surface area contributed by atoms with Crippen molar-refractivity contribution in [3.8, 4) is 0 Å². The third kappa shape index (κ3) is 3.59. The topological polar surface area (TPSA) is 89.7 Å². The van der Waals surface area contributed by atoms with Crippen molar-refractivity contribution in [1.82, 2.24) is 4.31 Å². The summed E-state index contributed by atoms with van der Waals surface area (Å²) in [7, 11) is -2.60. The Morgan fingerprint density at radius 2 is 2.11 bits per heavy atom. The lowest BCUT2D eigenvalue weighted by Gasteiger charge is -2.19. The number of methoxy groups -OCH3 is 1. The van der Waals surface area contributed by atoms with Gasteiger partial charge in [-0.15, -0.1) is 0 Å². The molecule has 0 aliphatic carbocycles. The van der Waals surface area contributed by atoms with E-state index in [0.29, 0.717) is 0 Å². The van der Waals surface area contributed by atoms with Crippen molar-refractivity contribution in [3.05, 3.63) is 23.2 Å². The minimum absolute atomic E-state index is 0.0137. The van der Waals surface area contributed by atoms with Crippen molar-refractivity contribution in [2.45, 2.75) is 11.8 Å². The molecule has 0 aliphatic rings. The molecule has 1 aromatic rings. The second kappa shape index (κ2) is 6.23. The first kappa shape index (κ1) is 15.7. The lowest BCUT2D eigenvalue weighted by molar-refractivity contribution is -0.140. The van der Waals surface area contributed by atoms with Gasteiger partial charge >= 0.3 is 5.97 Å². The Bertz CT molecular complexity index is 574. The fourth-order valence-electron chi connectivity index (χ4n) is 1.41. The van der Waals surface area contributed by atoms with E-state index in [1.807, 2.05) is 0 Å². The van der Waals surface area contributed by atoms with Gasteiger partial charge in [0.15, 0.2) is 0 Å². The number of likely N-dealkylation sites (N-methyl/N-ethyl adjacent to an activating group) is 1. The number of hydrogen-bond donors (Lipinski definition) is 1. The van der Waals surface area contributed by atoms with Gasteiger partial charge in [0.25, 0.3) is 0 Å². The Morgan fingerprint density at radius 1 is 1.47 bits per heavy atom. The van der Waals surface area contributed by atoms with Crippen molar-refractivity contribution in [3.63, 3.8) is 0 Å². The molecule has 106 valence electrons. The quantitative estimate of drug-likeness (QED) is 0.650. The number of nitrogens with zero attached hydrogens (tertiary/aromatic N) is 1. The molecule has 1 aromatic carbocycles. The van der Waals surface area contributed by atoms with Crippen LogP contribution in [0.15, 0.2) is 23.1 Å². The number of carbonyl (C=O) groups excluding carboxylic acids is 1. The highest BCUT2D eigenvalue weighted by Gasteiger charge is 2.26. The van der Waals surface area contributed by atoms with Crippen molar-refractivity contribution in [2.75, 3.05) is 25.9 Å². The lowest BCUT2D eigenvalue weighted by atomic mass is 10.3. The molecule has 19 heavy (non-hydrogen) atoms. The van der Waals surface area contributed by atoms with Crippen molar-refractivity contribution in [2.24, 2.45) is 0 Å². The Hall–Kier alpha value is -1.31. The highest BCUT2D eigenvalue weighted by molar-refractivity contribution is 7.89. The molecule has 0 saturated carbocycles. The predicted molar refractivity (Wildman–Crippen MR) is 72.3 cm³/mol. The summed E-state index contributed by atoms with van der Waals surface area (Å²) in [5.74, 6) is -0.632. The van der Waals surface area contributed by atoms with Crippen molar-refractivity contribution in [1.29, 1.82) is 0 Å². The summed E-state index contributed by atoms with van der Waals surface area (Å²) in [5, 5.41) is 0.273. The number of rotatable bonds is 5.